The summed E-state index contributed by atoms with van der Waals surface area (Å²) in [6.45, 7) is 11.1. The van der Waals surface area contributed by atoms with Crippen LogP contribution in [0.5, 0.6) is 5.75 Å². The Morgan fingerprint density at radius 2 is 1.95 bits per heavy atom. The molecule has 3 heteroatoms. The highest BCUT2D eigenvalue weighted by Crippen LogP contribution is 2.16. The van der Waals surface area contributed by atoms with Crippen LogP contribution in [0, 0.1) is 6.92 Å². The van der Waals surface area contributed by atoms with Crippen LogP contribution in [0.15, 0.2) is 23.2 Å². The molecule has 0 radical (unpaired) electrons. The van der Waals surface area contributed by atoms with Gasteiger partial charge in [0.25, 0.3) is 0 Å². The Morgan fingerprint density at radius 1 is 1.29 bits per heavy atom. The fourth-order valence-corrected chi connectivity index (χ4v) is 2.02. The molecule has 1 aromatic carbocycles. The molecule has 1 saturated heterocycles. The zero-order chi connectivity index (χ0) is 16.3. The molecule has 1 aromatic rings. The average Bonchev–Trinajstić information content (AvgIpc) is 2.52. The molecule has 1 atom stereocenters. The summed E-state index contributed by atoms with van der Waals surface area (Å²) in [6, 6.07) is 5.30. The van der Waals surface area contributed by atoms with Crippen LogP contribution in [0.1, 0.15) is 58.1 Å². The number of aryl methyl sites for hydroxylation is 1. The maximum Gasteiger partial charge on any atom is 0.116 e. The van der Waals surface area contributed by atoms with Crippen molar-refractivity contribution in [3.8, 4) is 5.75 Å². The van der Waals surface area contributed by atoms with Crippen molar-refractivity contribution in [3.05, 3.63) is 29.3 Å². The van der Waals surface area contributed by atoms with Crippen molar-refractivity contribution >= 4 is 5.71 Å². The van der Waals surface area contributed by atoms with E-state index in [0.29, 0.717) is 11.9 Å². The highest BCUT2D eigenvalue weighted by molar-refractivity contribution is 6.00. The monoisotopic (exact) mass is 293 g/mol. The molecule has 1 heterocycles. The van der Waals surface area contributed by atoms with E-state index in [0.717, 1.165) is 23.4 Å². The van der Waals surface area contributed by atoms with Crippen LogP contribution in [-0.2, 0) is 4.74 Å². The third-order valence-electron chi connectivity index (χ3n) is 3.35. The fourth-order valence-electron chi connectivity index (χ4n) is 2.02. The number of benzene rings is 1. The Hall–Kier alpha value is -1.35. The first-order valence-corrected chi connectivity index (χ1v) is 7.89. The topological polar surface area (TPSA) is 41.8 Å². The highest BCUT2D eigenvalue weighted by atomic mass is 16.5. The Morgan fingerprint density at radius 3 is 2.38 bits per heavy atom. The summed E-state index contributed by atoms with van der Waals surface area (Å²) in [5.41, 5.74) is 3.09. The van der Waals surface area contributed by atoms with E-state index in [1.165, 1.54) is 19.3 Å². The van der Waals surface area contributed by atoms with E-state index in [1.54, 1.807) is 19.2 Å². The summed E-state index contributed by atoms with van der Waals surface area (Å²) in [6.07, 6.45) is 4.43. The van der Waals surface area contributed by atoms with E-state index in [4.69, 9.17) is 4.74 Å². The van der Waals surface area contributed by atoms with Crippen LogP contribution < -0.4 is 0 Å². The number of hydrogen-bond acceptors (Lipinski definition) is 3. The lowest BCUT2D eigenvalue weighted by Crippen LogP contribution is -2.14. The van der Waals surface area contributed by atoms with E-state index in [-0.39, 0.29) is 0 Å². The predicted molar refractivity (Wildman–Crippen MR) is 91.6 cm³/mol. The second kappa shape index (κ2) is 11.3. The Labute approximate surface area is 130 Å². The Bertz CT molecular complexity index is 421. The maximum atomic E-state index is 9.23. The molecule has 0 bridgehead atoms. The second-order valence-corrected chi connectivity index (χ2v) is 4.99. The van der Waals surface area contributed by atoms with Gasteiger partial charge in [0.2, 0.25) is 0 Å². The largest absolute Gasteiger partial charge is 0.508 e. The number of phenols is 1. The molecule has 3 nitrogen and oxygen atoms in total. The number of hydrogen-bond donors (Lipinski definition) is 1. The highest BCUT2D eigenvalue weighted by Gasteiger charge is 2.05. The van der Waals surface area contributed by atoms with E-state index < -0.39 is 0 Å². The zero-order valence-corrected chi connectivity index (χ0v) is 14.4. The third-order valence-corrected chi connectivity index (χ3v) is 3.35. The number of phenolic OH excluding ortho intramolecular Hbond substituents is 1. The minimum Gasteiger partial charge on any atom is -0.508 e. The second-order valence-electron chi connectivity index (χ2n) is 4.99. The van der Waals surface area contributed by atoms with Gasteiger partial charge >= 0.3 is 0 Å². The van der Waals surface area contributed by atoms with Crippen LogP contribution in [0.3, 0.4) is 0 Å². The number of ether oxygens (including phenoxy) is 1. The molecule has 1 fully saturated rings. The van der Waals surface area contributed by atoms with Crippen molar-refractivity contribution in [3.63, 3.8) is 0 Å². The molecule has 0 amide bonds. The lowest BCUT2D eigenvalue weighted by atomic mass is 10.0. The van der Waals surface area contributed by atoms with Crippen molar-refractivity contribution < 1.29 is 9.84 Å². The van der Waals surface area contributed by atoms with Gasteiger partial charge in [0.15, 0.2) is 0 Å². The van der Waals surface area contributed by atoms with Crippen LogP contribution in [0.4, 0.5) is 0 Å². The first-order valence-electron chi connectivity index (χ1n) is 7.89. The molecule has 2 rings (SSSR count). The predicted octanol–water partition coefficient (Wildman–Crippen LogP) is 4.74. The van der Waals surface area contributed by atoms with Crippen molar-refractivity contribution in [2.45, 2.75) is 60.0 Å². The summed E-state index contributed by atoms with van der Waals surface area (Å²) < 4.78 is 5.28. The molecule has 0 saturated carbocycles. The van der Waals surface area contributed by atoms with E-state index in [2.05, 4.69) is 11.9 Å². The first kappa shape index (κ1) is 19.7. The zero-order valence-electron chi connectivity index (χ0n) is 14.4. The number of nitrogens with zero attached hydrogens (tertiary/aromatic N) is 1. The normalized spacial score (nSPS) is 18.0. The first-order chi connectivity index (χ1) is 10.0. The molecular formula is C18H31NO2. The minimum absolute atomic E-state index is 0.290. The Balaban J connectivity index is 0.000000377. The summed E-state index contributed by atoms with van der Waals surface area (Å²) in [5, 5.41) is 9.23. The number of rotatable bonds is 1. The molecule has 0 spiro atoms. The summed E-state index contributed by atoms with van der Waals surface area (Å²) in [7, 11) is 1.75. The molecule has 1 N–H and O–H groups in total. The van der Waals surface area contributed by atoms with Crippen LogP contribution in [-0.4, -0.2) is 30.6 Å². The molecule has 21 heavy (non-hydrogen) atoms. The van der Waals surface area contributed by atoms with Gasteiger partial charge in [0, 0.05) is 24.9 Å². The van der Waals surface area contributed by atoms with E-state index >= 15 is 0 Å². The lowest BCUT2D eigenvalue weighted by Gasteiger charge is -2.17. The van der Waals surface area contributed by atoms with Gasteiger partial charge in [-0.05, 0) is 57.7 Å². The third kappa shape index (κ3) is 7.86. The molecular weight excluding hydrogens is 262 g/mol. The van der Waals surface area contributed by atoms with Gasteiger partial charge in [-0.25, -0.2) is 0 Å². The van der Waals surface area contributed by atoms with E-state index in [9.17, 15) is 5.11 Å². The number of aliphatic imine (C=N–C) groups is 1. The van der Waals surface area contributed by atoms with Gasteiger partial charge in [-0.1, -0.05) is 19.9 Å². The summed E-state index contributed by atoms with van der Waals surface area (Å²) in [4.78, 5) is 4.07. The van der Waals surface area contributed by atoms with Crippen molar-refractivity contribution in [2.75, 3.05) is 13.7 Å². The van der Waals surface area contributed by atoms with Gasteiger partial charge in [-0.2, -0.15) is 0 Å². The summed E-state index contributed by atoms with van der Waals surface area (Å²) in [5.74, 6) is 0.290. The maximum absolute atomic E-state index is 9.23. The van der Waals surface area contributed by atoms with Gasteiger partial charge in [0.1, 0.15) is 5.75 Å². The SMILES string of the molecule is CC.CC1CCCCO1.CN=C(C)c1cc(O)ccc1C. The van der Waals surface area contributed by atoms with Gasteiger partial charge in [-0.15, -0.1) is 0 Å². The van der Waals surface area contributed by atoms with Gasteiger partial charge in [-0.3, -0.25) is 4.99 Å². The quantitative estimate of drug-likeness (QED) is 0.760. The van der Waals surface area contributed by atoms with Crippen LogP contribution in [0.25, 0.3) is 0 Å². The minimum atomic E-state index is 0.290. The standard InChI is InChI=1S/C10H13NO.C6H12O.C2H6/c1-7-4-5-9(12)6-10(7)8(2)11-3;1-6-4-2-3-5-7-6;1-2/h4-6,12H,1-3H3;6H,2-5H2,1H3;1-2H3. The Kier molecular flexibility index (Phi) is 10.6. The number of aromatic hydroxyl groups is 1. The van der Waals surface area contributed by atoms with Crippen molar-refractivity contribution in [2.24, 2.45) is 4.99 Å². The van der Waals surface area contributed by atoms with E-state index in [1.807, 2.05) is 33.8 Å². The average molecular weight is 293 g/mol. The molecule has 0 aliphatic carbocycles. The van der Waals surface area contributed by atoms with Crippen LogP contribution >= 0.6 is 0 Å². The molecule has 120 valence electrons. The molecule has 0 aromatic heterocycles. The van der Waals surface area contributed by atoms with Gasteiger partial charge < -0.3 is 9.84 Å². The lowest BCUT2D eigenvalue weighted by molar-refractivity contribution is 0.0285. The van der Waals surface area contributed by atoms with Crippen molar-refractivity contribution in [1.82, 2.24) is 0 Å². The van der Waals surface area contributed by atoms with Crippen LogP contribution in [0.2, 0.25) is 0 Å². The smallest absolute Gasteiger partial charge is 0.116 e. The molecule has 1 aliphatic heterocycles. The molecule has 1 unspecified atom stereocenters. The fraction of sp³-hybridized carbons (Fsp3) is 0.611. The summed E-state index contributed by atoms with van der Waals surface area (Å²) >= 11 is 0. The molecule has 1 aliphatic rings. The van der Waals surface area contributed by atoms with Crippen molar-refractivity contribution in [1.29, 1.82) is 0 Å². The van der Waals surface area contributed by atoms with Gasteiger partial charge in [0.05, 0.1) is 6.10 Å².